The molecule has 5 heteroatoms. The zero-order valence-corrected chi connectivity index (χ0v) is 13.1. The van der Waals surface area contributed by atoms with E-state index < -0.39 is 5.97 Å². The van der Waals surface area contributed by atoms with Crippen LogP contribution in [0.25, 0.3) is 0 Å². The molecule has 1 heterocycles. The van der Waals surface area contributed by atoms with Crippen LogP contribution in [0, 0.1) is 0 Å². The molecule has 0 saturated carbocycles. The second-order valence-electron chi connectivity index (χ2n) is 5.24. The number of aromatic nitrogens is 1. The standard InChI is InChI=1S/C16H20N2O2S/c1-12(2)18(9-7-15-17-8-10-21-15)11-13-3-5-14(6-4-13)16(19)20/h3-6,8,10,12H,7,9,11H2,1-2H3,(H,19,20). The fourth-order valence-electron chi connectivity index (χ4n) is 2.12. The van der Waals surface area contributed by atoms with Gasteiger partial charge in [0.25, 0.3) is 0 Å². The first-order valence-corrected chi connectivity index (χ1v) is 7.89. The van der Waals surface area contributed by atoms with Gasteiger partial charge in [-0.25, -0.2) is 9.78 Å². The molecule has 2 rings (SSSR count). The first-order valence-electron chi connectivity index (χ1n) is 7.01. The molecular formula is C16H20N2O2S. The Labute approximate surface area is 129 Å². The number of benzene rings is 1. The monoisotopic (exact) mass is 304 g/mol. The van der Waals surface area contributed by atoms with Crippen LogP contribution in [0.4, 0.5) is 0 Å². The Morgan fingerprint density at radius 2 is 2.05 bits per heavy atom. The van der Waals surface area contributed by atoms with Crippen LogP contribution in [-0.2, 0) is 13.0 Å². The summed E-state index contributed by atoms with van der Waals surface area (Å²) in [5.41, 5.74) is 1.46. The van der Waals surface area contributed by atoms with Crippen LogP contribution in [0.5, 0.6) is 0 Å². The first-order chi connectivity index (χ1) is 10.1. The van der Waals surface area contributed by atoms with Crippen molar-refractivity contribution in [1.82, 2.24) is 9.88 Å². The van der Waals surface area contributed by atoms with Crippen LogP contribution in [0.15, 0.2) is 35.8 Å². The van der Waals surface area contributed by atoms with E-state index in [0.29, 0.717) is 11.6 Å². The number of carbonyl (C=O) groups is 1. The lowest BCUT2D eigenvalue weighted by molar-refractivity contribution is 0.0697. The largest absolute Gasteiger partial charge is 0.478 e. The zero-order chi connectivity index (χ0) is 15.2. The van der Waals surface area contributed by atoms with Gasteiger partial charge in [0.2, 0.25) is 0 Å². The van der Waals surface area contributed by atoms with E-state index >= 15 is 0 Å². The van der Waals surface area contributed by atoms with Crippen LogP contribution in [0.2, 0.25) is 0 Å². The Morgan fingerprint density at radius 3 is 2.57 bits per heavy atom. The number of hydrogen-bond donors (Lipinski definition) is 1. The van der Waals surface area contributed by atoms with Crippen LogP contribution < -0.4 is 0 Å². The molecule has 0 bridgehead atoms. The first kappa shape index (κ1) is 15.7. The van der Waals surface area contributed by atoms with E-state index in [1.807, 2.05) is 23.7 Å². The average Bonchev–Trinajstić information content (AvgIpc) is 2.96. The normalized spacial score (nSPS) is 11.2. The van der Waals surface area contributed by atoms with Crippen molar-refractivity contribution in [2.24, 2.45) is 0 Å². The van der Waals surface area contributed by atoms with Crippen LogP contribution in [-0.4, -0.2) is 33.5 Å². The highest BCUT2D eigenvalue weighted by Gasteiger charge is 2.11. The lowest BCUT2D eigenvalue weighted by Crippen LogP contribution is -2.32. The molecule has 0 aliphatic heterocycles. The van der Waals surface area contributed by atoms with Gasteiger partial charge in [0.15, 0.2) is 0 Å². The summed E-state index contributed by atoms with van der Waals surface area (Å²) in [7, 11) is 0. The molecule has 1 aromatic carbocycles. The number of hydrogen-bond acceptors (Lipinski definition) is 4. The summed E-state index contributed by atoms with van der Waals surface area (Å²) in [6.45, 7) is 6.12. The average molecular weight is 304 g/mol. The number of carboxylic acid groups (broad SMARTS) is 1. The van der Waals surface area contributed by atoms with Gasteiger partial charge in [-0.1, -0.05) is 12.1 Å². The topological polar surface area (TPSA) is 53.4 Å². The van der Waals surface area contributed by atoms with E-state index in [4.69, 9.17) is 5.11 Å². The molecule has 0 spiro atoms. The van der Waals surface area contributed by atoms with E-state index in [-0.39, 0.29) is 0 Å². The van der Waals surface area contributed by atoms with Gasteiger partial charge in [0, 0.05) is 37.1 Å². The van der Waals surface area contributed by atoms with E-state index in [2.05, 4.69) is 23.7 Å². The third kappa shape index (κ3) is 4.65. The van der Waals surface area contributed by atoms with Gasteiger partial charge in [-0.05, 0) is 31.5 Å². The Bertz CT molecular complexity index is 564. The molecule has 1 aromatic heterocycles. The molecule has 2 aromatic rings. The molecule has 0 saturated heterocycles. The Hall–Kier alpha value is -1.72. The minimum Gasteiger partial charge on any atom is -0.478 e. The van der Waals surface area contributed by atoms with Crippen molar-refractivity contribution in [3.05, 3.63) is 52.0 Å². The van der Waals surface area contributed by atoms with Crippen molar-refractivity contribution in [1.29, 1.82) is 0 Å². The van der Waals surface area contributed by atoms with Crippen LogP contribution in [0.3, 0.4) is 0 Å². The van der Waals surface area contributed by atoms with E-state index in [1.165, 1.54) is 0 Å². The van der Waals surface area contributed by atoms with Gasteiger partial charge in [-0.15, -0.1) is 11.3 Å². The summed E-state index contributed by atoms with van der Waals surface area (Å²) in [5, 5.41) is 12.1. The van der Waals surface area contributed by atoms with E-state index in [0.717, 1.165) is 30.1 Å². The molecule has 0 aliphatic carbocycles. The summed E-state index contributed by atoms with van der Waals surface area (Å²) in [6, 6.07) is 7.54. The molecule has 0 aliphatic rings. The van der Waals surface area contributed by atoms with E-state index in [9.17, 15) is 4.79 Å². The van der Waals surface area contributed by atoms with Gasteiger partial charge in [-0.3, -0.25) is 4.90 Å². The molecule has 0 radical (unpaired) electrons. The van der Waals surface area contributed by atoms with Gasteiger partial charge in [0.1, 0.15) is 0 Å². The molecule has 112 valence electrons. The number of nitrogens with zero attached hydrogens (tertiary/aromatic N) is 2. The smallest absolute Gasteiger partial charge is 0.335 e. The fraction of sp³-hybridized carbons (Fsp3) is 0.375. The lowest BCUT2D eigenvalue weighted by Gasteiger charge is -2.26. The Kier molecular flexibility index (Phi) is 5.47. The number of carboxylic acids is 1. The van der Waals surface area contributed by atoms with Gasteiger partial charge >= 0.3 is 5.97 Å². The van der Waals surface area contributed by atoms with Gasteiger partial charge < -0.3 is 5.11 Å². The molecule has 1 N–H and O–H groups in total. The van der Waals surface area contributed by atoms with Crippen LogP contribution in [0.1, 0.15) is 34.8 Å². The number of aromatic carboxylic acids is 1. The predicted molar refractivity (Wildman–Crippen MR) is 84.8 cm³/mol. The minimum absolute atomic E-state index is 0.331. The fourth-order valence-corrected chi connectivity index (χ4v) is 2.73. The minimum atomic E-state index is -0.883. The number of rotatable bonds is 7. The third-order valence-corrected chi connectivity index (χ3v) is 4.25. The SMILES string of the molecule is CC(C)N(CCc1nccs1)Cc1ccc(C(=O)O)cc1. The summed E-state index contributed by atoms with van der Waals surface area (Å²) < 4.78 is 0. The second-order valence-corrected chi connectivity index (χ2v) is 6.22. The Morgan fingerprint density at radius 1 is 1.33 bits per heavy atom. The highest BCUT2D eigenvalue weighted by Crippen LogP contribution is 2.12. The van der Waals surface area contributed by atoms with Crippen molar-refractivity contribution < 1.29 is 9.90 Å². The maximum Gasteiger partial charge on any atom is 0.335 e. The molecule has 0 unspecified atom stereocenters. The third-order valence-electron chi connectivity index (χ3n) is 3.41. The number of thiazole rings is 1. The molecule has 0 fully saturated rings. The van der Waals surface area contributed by atoms with Crippen molar-refractivity contribution in [3.8, 4) is 0 Å². The molecule has 0 amide bonds. The quantitative estimate of drug-likeness (QED) is 0.853. The maximum absolute atomic E-state index is 10.9. The van der Waals surface area contributed by atoms with Crippen molar-refractivity contribution in [2.75, 3.05) is 6.54 Å². The summed E-state index contributed by atoms with van der Waals surface area (Å²) in [6.07, 6.45) is 2.79. The Balaban J connectivity index is 1.97. The second kappa shape index (κ2) is 7.33. The zero-order valence-electron chi connectivity index (χ0n) is 12.3. The van der Waals surface area contributed by atoms with Crippen molar-refractivity contribution in [3.63, 3.8) is 0 Å². The molecule has 21 heavy (non-hydrogen) atoms. The van der Waals surface area contributed by atoms with E-state index in [1.54, 1.807) is 23.5 Å². The maximum atomic E-state index is 10.9. The summed E-state index contributed by atoms with van der Waals surface area (Å²) in [5.74, 6) is -0.883. The van der Waals surface area contributed by atoms with Gasteiger partial charge in [-0.2, -0.15) is 0 Å². The highest BCUT2D eigenvalue weighted by atomic mass is 32.1. The molecule has 0 atom stereocenters. The van der Waals surface area contributed by atoms with Crippen molar-refractivity contribution >= 4 is 17.3 Å². The molecule has 4 nitrogen and oxygen atoms in total. The van der Waals surface area contributed by atoms with Crippen molar-refractivity contribution in [2.45, 2.75) is 32.9 Å². The van der Waals surface area contributed by atoms with Gasteiger partial charge in [0.05, 0.1) is 10.6 Å². The van der Waals surface area contributed by atoms with Crippen LogP contribution >= 0.6 is 11.3 Å². The summed E-state index contributed by atoms with van der Waals surface area (Å²) >= 11 is 1.69. The lowest BCUT2D eigenvalue weighted by atomic mass is 10.1. The highest BCUT2D eigenvalue weighted by molar-refractivity contribution is 7.09. The predicted octanol–water partition coefficient (Wildman–Crippen LogP) is 3.29. The summed E-state index contributed by atoms with van der Waals surface area (Å²) in [4.78, 5) is 17.5. The molecular weight excluding hydrogens is 284 g/mol.